The van der Waals surface area contributed by atoms with Gasteiger partial charge in [-0.3, -0.25) is 9.59 Å². The molecule has 1 fully saturated rings. The number of nitrogens with one attached hydrogen (secondary N) is 2. The van der Waals surface area contributed by atoms with Gasteiger partial charge in [-0.25, -0.2) is 4.79 Å². The predicted octanol–water partition coefficient (Wildman–Crippen LogP) is 1.73. The minimum Gasteiger partial charge on any atom is -0.453 e. The van der Waals surface area contributed by atoms with E-state index < -0.39 is 11.5 Å². The smallest absolute Gasteiger partial charge is 0.409 e. The van der Waals surface area contributed by atoms with Gasteiger partial charge in [-0.2, -0.15) is 0 Å². The van der Waals surface area contributed by atoms with Gasteiger partial charge in [0.1, 0.15) is 11.2 Å². The number of methoxy groups -OCH3 is 1. The molecule has 3 rings (SSSR count). The Morgan fingerprint density at radius 3 is 2.46 bits per heavy atom. The van der Waals surface area contributed by atoms with Crippen molar-refractivity contribution < 1.29 is 19.1 Å². The molecule has 0 radical (unpaired) electrons. The third-order valence-corrected chi connectivity index (χ3v) is 5.15. The summed E-state index contributed by atoms with van der Waals surface area (Å²) in [7, 11) is 1.32. The molecule has 1 spiro atoms. The maximum atomic E-state index is 12.7. The van der Waals surface area contributed by atoms with Crippen molar-refractivity contribution in [3.05, 3.63) is 47.8 Å². The second kappa shape index (κ2) is 7.19. The zero-order valence-corrected chi connectivity index (χ0v) is 15.0. The molecule has 0 unspecified atom stereocenters. The molecule has 7 nitrogen and oxygen atoms in total. The van der Waals surface area contributed by atoms with E-state index >= 15 is 0 Å². The number of ether oxygens (including phenoxy) is 1. The quantitative estimate of drug-likeness (QED) is 0.805. The van der Waals surface area contributed by atoms with E-state index in [9.17, 15) is 14.4 Å². The molecule has 0 aromatic heterocycles. The van der Waals surface area contributed by atoms with Crippen LogP contribution in [0.15, 0.2) is 42.2 Å². The zero-order chi connectivity index (χ0) is 18.7. The molecule has 2 aliphatic heterocycles. The maximum Gasteiger partial charge on any atom is 0.409 e. The lowest BCUT2D eigenvalue weighted by atomic mass is 9.72. The summed E-state index contributed by atoms with van der Waals surface area (Å²) in [5.41, 5.74) is -0.0344. The molecule has 1 aromatic carbocycles. The monoisotopic (exact) mass is 357 g/mol. The molecule has 1 aromatic rings. The van der Waals surface area contributed by atoms with Gasteiger partial charge in [-0.15, -0.1) is 0 Å². The highest BCUT2D eigenvalue weighted by Crippen LogP contribution is 2.36. The molecule has 1 saturated heterocycles. The van der Waals surface area contributed by atoms with Gasteiger partial charge in [-0.1, -0.05) is 30.3 Å². The Hall–Kier alpha value is -2.83. The molecule has 26 heavy (non-hydrogen) atoms. The maximum absolute atomic E-state index is 12.7. The molecule has 2 amide bonds. The van der Waals surface area contributed by atoms with Crippen LogP contribution >= 0.6 is 0 Å². The Balaban J connectivity index is 1.70. The lowest BCUT2D eigenvalue weighted by Gasteiger charge is -2.40. The van der Waals surface area contributed by atoms with Gasteiger partial charge in [0.2, 0.25) is 5.91 Å². The number of allylic oxidation sites excluding steroid dienone is 1. The molecule has 0 bridgehead atoms. The molecule has 2 N–H and O–H groups in total. The van der Waals surface area contributed by atoms with Crippen LogP contribution in [0.25, 0.3) is 0 Å². The first-order chi connectivity index (χ1) is 12.5. The lowest BCUT2D eigenvalue weighted by molar-refractivity contribution is -0.143. The third kappa shape index (κ3) is 3.29. The zero-order valence-electron chi connectivity index (χ0n) is 15.0. The third-order valence-electron chi connectivity index (χ3n) is 5.15. The summed E-state index contributed by atoms with van der Waals surface area (Å²) in [6, 6.07) is 9.73. The van der Waals surface area contributed by atoms with Crippen LogP contribution < -0.4 is 10.6 Å². The van der Waals surface area contributed by atoms with E-state index in [2.05, 4.69) is 10.6 Å². The van der Waals surface area contributed by atoms with Crippen LogP contribution in [0.1, 0.15) is 31.4 Å². The summed E-state index contributed by atoms with van der Waals surface area (Å²) < 4.78 is 4.70. The molecule has 2 aliphatic rings. The van der Waals surface area contributed by atoms with Crippen LogP contribution in [0.4, 0.5) is 4.79 Å². The van der Waals surface area contributed by atoms with Crippen LogP contribution in [-0.4, -0.2) is 42.9 Å². The minimum atomic E-state index is -1.09. The minimum absolute atomic E-state index is 0.0502. The average Bonchev–Trinajstić information content (AvgIpc) is 2.66. The van der Waals surface area contributed by atoms with Gasteiger partial charge < -0.3 is 20.3 Å². The molecular formula is C19H23N3O4. The number of hydrogen-bond donors (Lipinski definition) is 2. The van der Waals surface area contributed by atoms with E-state index in [0.29, 0.717) is 31.8 Å². The summed E-state index contributed by atoms with van der Waals surface area (Å²) in [4.78, 5) is 38.6. The van der Waals surface area contributed by atoms with Gasteiger partial charge in [0.25, 0.3) is 0 Å². The van der Waals surface area contributed by atoms with Crippen molar-refractivity contribution in [2.75, 3.05) is 20.2 Å². The Kier molecular flexibility index (Phi) is 4.97. The van der Waals surface area contributed by atoms with E-state index in [4.69, 9.17) is 4.74 Å². The topological polar surface area (TPSA) is 87.7 Å². The summed E-state index contributed by atoms with van der Waals surface area (Å²) in [5.74, 6) is -0.108. The highest BCUT2D eigenvalue weighted by molar-refractivity contribution is 6.14. The van der Waals surface area contributed by atoms with Gasteiger partial charge >= 0.3 is 6.09 Å². The van der Waals surface area contributed by atoms with Crippen molar-refractivity contribution in [2.24, 2.45) is 5.41 Å². The summed E-state index contributed by atoms with van der Waals surface area (Å²) in [6.07, 6.45) is 1.63. The first-order valence-electron chi connectivity index (χ1n) is 8.68. The summed E-state index contributed by atoms with van der Waals surface area (Å²) >= 11 is 0. The van der Waals surface area contributed by atoms with Crippen molar-refractivity contribution in [1.29, 1.82) is 0 Å². The van der Waals surface area contributed by atoms with Crippen LogP contribution in [0.5, 0.6) is 0 Å². The Labute approximate surface area is 152 Å². The van der Waals surface area contributed by atoms with Crippen molar-refractivity contribution in [3.8, 4) is 0 Å². The van der Waals surface area contributed by atoms with Crippen LogP contribution in [-0.2, 0) is 14.3 Å². The van der Waals surface area contributed by atoms with E-state index in [0.717, 1.165) is 5.56 Å². The van der Waals surface area contributed by atoms with E-state index in [1.165, 1.54) is 18.1 Å². The lowest BCUT2D eigenvalue weighted by Crippen LogP contribution is -2.57. The number of rotatable bonds is 3. The molecule has 0 aliphatic carbocycles. The molecule has 2 heterocycles. The summed E-state index contributed by atoms with van der Waals surface area (Å²) in [6.45, 7) is 2.61. The second-order valence-electron chi connectivity index (χ2n) is 6.69. The SMILES string of the molecule is COC(=O)N1CCC2(CC1)C(=O)C=C(N[C@@H](C)c1ccccc1)NC2=O. The Morgan fingerprint density at radius 2 is 1.88 bits per heavy atom. The number of ketones is 1. The van der Waals surface area contributed by atoms with Crippen molar-refractivity contribution in [2.45, 2.75) is 25.8 Å². The Bertz CT molecular complexity index is 736. The van der Waals surface area contributed by atoms with Crippen molar-refractivity contribution in [3.63, 3.8) is 0 Å². The highest BCUT2D eigenvalue weighted by Gasteiger charge is 2.49. The fourth-order valence-corrected chi connectivity index (χ4v) is 3.47. The predicted molar refractivity (Wildman–Crippen MR) is 94.9 cm³/mol. The second-order valence-corrected chi connectivity index (χ2v) is 6.69. The fourth-order valence-electron chi connectivity index (χ4n) is 3.47. The molecule has 0 saturated carbocycles. The Morgan fingerprint density at radius 1 is 1.23 bits per heavy atom. The van der Waals surface area contributed by atoms with Gasteiger partial charge in [0.05, 0.1) is 7.11 Å². The van der Waals surface area contributed by atoms with Crippen molar-refractivity contribution >= 4 is 17.8 Å². The molecule has 138 valence electrons. The van der Waals surface area contributed by atoms with Crippen LogP contribution in [0.3, 0.4) is 0 Å². The highest BCUT2D eigenvalue weighted by atomic mass is 16.5. The largest absolute Gasteiger partial charge is 0.453 e. The standard InChI is InChI=1S/C19H23N3O4/c1-13(14-6-4-3-5-7-14)20-16-12-15(23)19(17(24)21-16)8-10-22(11-9-19)18(25)26-2/h3-7,12-13,20H,8-11H2,1-2H3,(H,21,24)/t13-/m0/s1. The molecule has 1 atom stereocenters. The number of nitrogens with zero attached hydrogens (tertiary/aromatic N) is 1. The average molecular weight is 357 g/mol. The van der Waals surface area contributed by atoms with Crippen molar-refractivity contribution in [1.82, 2.24) is 15.5 Å². The number of hydrogen-bond acceptors (Lipinski definition) is 5. The first-order valence-corrected chi connectivity index (χ1v) is 8.68. The van der Waals surface area contributed by atoms with Gasteiger partial charge in [-0.05, 0) is 25.3 Å². The fraction of sp³-hybridized carbons (Fsp3) is 0.421. The number of likely N-dealkylation sites (tertiary alicyclic amines) is 1. The number of carbonyl (C=O) groups is 3. The van der Waals surface area contributed by atoms with Gasteiger partial charge in [0, 0.05) is 25.2 Å². The summed E-state index contributed by atoms with van der Waals surface area (Å²) in [5, 5.41) is 6.00. The first kappa shape index (κ1) is 18.0. The van der Waals surface area contributed by atoms with E-state index in [1.807, 2.05) is 37.3 Å². The normalized spacial score (nSPS) is 20.2. The van der Waals surface area contributed by atoms with Crippen LogP contribution in [0.2, 0.25) is 0 Å². The number of piperidine rings is 1. The van der Waals surface area contributed by atoms with E-state index in [1.54, 1.807) is 0 Å². The van der Waals surface area contributed by atoms with Crippen LogP contribution in [0, 0.1) is 5.41 Å². The number of carbonyl (C=O) groups excluding carboxylic acids is 3. The number of amides is 2. The molecule has 7 heteroatoms. The number of benzene rings is 1. The molecular weight excluding hydrogens is 334 g/mol. The van der Waals surface area contributed by atoms with Gasteiger partial charge in [0.15, 0.2) is 5.78 Å². The van der Waals surface area contributed by atoms with E-state index in [-0.39, 0.29) is 17.7 Å².